The van der Waals surface area contributed by atoms with Crippen LogP contribution < -0.4 is 4.74 Å². The maximum atomic E-state index is 11.9. The molecule has 2 nitrogen and oxygen atoms in total. The smallest absolute Gasteiger partial charge is 0.211 e. The SMILES string of the molecule is Cc1ccccc1OC(Br)C(=O)C(C)(C)C. The molecule has 16 heavy (non-hydrogen) atoms. The summed E-state index contributed by atoms with van der Waals surface area (Å²) in [4.78, 5) is 11.9. The van der Waals surface area contributed by atoms with Crippen LogP contribution in [0.15, 0.2) is 24.3 Å². The van der Waals surface area contributed by atoms with Gasteiger partial charge in [0.15, 0.2) is 5.78 Å². The normalized spacial score (nSPS) is 13.3. The molecule has 0 N–H and O–H groups in total. The number of para-hydroxylation sites is 1. The Bertz CT molecular complexity index is 380. The van der Waals surface area contributed by atoms with Crippen LogP contribution in [0, 0.1) is 12.3 Å². The lowest BCUT2D eigenvalue weighted by Gasteiger charge is -2.21. The van der Waals surface area contributed by atoms with Gasteiger partial charge in [-0.1, -0.05) is 39.0 Å². The van der Waals surface area contributed by atoms with Crippen LogP contribution in [0.2, 0.25) is 0 Å². The first-order valence-electron chi connectivity index (χ1n) is 5.23. The quantitative estimate of drug-likeness (QED) is 0.791. The number of carbonyl (C=O) groups excluding carboxylic acids is 1. The Morgan fingerprint density at radius 3 is 2.38 bits per heavy atom. The minimum atomic E-state index is -0.589. The number of alkyl halides is 1. The van der Waals surface area contributed by atoms with Gasteiger partial charge in [-0.2, -0.15) is 0 Å². The van der Waals surface area contributed by atoms with Crippen LogP contribution in [0.5, 0.6) is 5.75 Å². The summed E-state index contributed by atoms with van der Waals surface area (Å²) in [6.07, 6.45) is 0. The van der Waals surface area contributed by atoms with Crippen LogP contribution in [0.4, 0.5) is 0 Å². The number of hydrogen-bond acceptors (Lipinski definition) is 2. The highest BCUT2D eigenvalue weighted by Crippen LogP contribution is 2.25. The van der Waals surface area contributed by atoms with E-state index in [2.05, 4.69) is 15.9 Å². The van der Waals surface area contributed by atoms with E-state index in [4.69, 9.17) is 4.74 Å². The Kier molecular flexibility index (Phi) is 4.14. The molecule has 1 aromatic rings. The largest absolute Gasteiger partial charge is 0.471 e. The molecule has 0 heterocycles. The van der Waals surface area contributed by atoms with Gasteiger partial charge in [0.25, 0.3) is 0 Å². The van der Waals surface area contributed by atoms with Gasteiger partial charge in [-0.15, -0.1) is 0 Å². The van der Waals surface area contributed by atoms with Crippen LogP contribution in [0.3, 0.4) is 0 Å². The number of ether oxygens (including phenoxy) is 1. The molecule has 0 amide bonds. The fourth-order valence-electron chi connectivity index (χ4n) is 1.19. The number of hydrogen-bond donors (Lipinski definition) is 0. The number of halogens is 1. The van der Waals surface area contributed by atoms with Gasteiger partial charge < -0.3 is 4.74 Å². The highest BCUT2D eigenvalue weighted by atomic mass is 79.9. The molecule has 1 rings (SSSR count). The summed E-state index contributed by atoms with van der Waals surface area (Å²) >= 11 is 3.28. The molecule has 3 heteroatoms. The number of benzene rings is 1. The third-order valence-electron chi connectivity index (χ3n) is 2.27. The molecule has 0 aliphatic heterocycles. The maximum Gasteiger partial charge on any atom is 0.211 e. The molecule has 0 bridgehead atoms. The molecule has 0 aromatic heterocycles. The second-order valence-electron chi connectivity index (χ2n) is 4.81. The molecular formula is C13H17BrO2. The van der Waals surface area contributed by atoms with Crippen molar-refractivity contribution in [2.24, 2.45) is 5.41 Å². The maximum absolute atomic E-state index is 11.9. The fourth-order valence-corrected chi connectivity index (χ4v) is 2.08. The van der Waals surface area contributed by atoms with Crippen molar-refractivity contribution in [2.45, 2.75) is 32.7 Å². The molecule has 0 saturated carbocycles. The van der Waals surface area contributed by atoms with Crippen molar-refractivity contribution in [1.29, 1.82) is 0 Å². The summed E-state index contributed by atoms with van der Waals surface area (Å²) < 4.78 is 5.60. The summed E-state index contributed by atoms with van der Waals surface area (Å²) in [5.74, 6) is 0.776. The second kappa shape index (κ2) is 5.00. The summed E-state index contributed by atoms with van der Waals surface area (Å²) in [7, 11) is 0. The van der Waals surface area contributed by atoms with Gasteiger partial charge in [0.05, 0.1) is 0 Å². The number of rotatable bonds is 3. The van der Waals surface area contributed by atoms with Crippen LogP contribution >= 0.6 is 15.9 Å². The average molecular weight is 285 g/mol. The Morgan fingerprint density at radius 1 is 1.31 bits per heavy atom. The lowest BCUT2D eigenvalue weighted by molar-refractivity contribution is -0.129. The van der Waals surface area contributed by atoms with Crippen molar-refractivity contribution in [2.75, 3.05) is 0 Å². The first kappa shape index (κ1) is 13.2. The predicted octanol–water partition coefficient (Wildman–Crippen LogP) is 3.71. The van der Waals surface area contributed by atoms with Crippen molar-refractivity contribution in [3.8, 4) is 5.75 Å². The highest BCUT2D eigenvalue weighted by Gasteiger charge is 2.29. The third-order valence-corrected chi connectivity index (χ3v) is 2.87. The van der Waals surface area contributed by atoms with Crippen LogP contribution in [-0.2, 0) is 4.79 Å². The Balaban J connectivity index is 2.76. The number of carbonyl (C=O) groups is 1. The van der Waals surface area contributed by atoms with Gasteiger partial charge in [-0.05, 0) is 34.5 Å². The second-order valence-corrected chi connectivity index (χ2v) is 5.65. The van der Waals surface area contributed by atoms with E-state index >= 15 is 0 Å². The molecule has 0 radical (unpaired) electrons. The van der Waals surface area contributed by atoms with E-state index in [1.807, 2.05) is 52.0 Å². The first-order chi connectivity index (χ1) is 7.32. The molecular weight excluding hydrogens is 268 g/mol. The molecule has 1 aromatic carbocycles. The van der Waals surface area contributed by atoms with Crippen molar-refractivity contribution in [3.63, 3.8) is 0 Å². The zero-order valence-corrected chi connectivity index (χ0v) is 11.7. The number of Topliss-reactive ketones (excluding diaryl/α,β-unsaturated/α-hetero) is 1. The monoisotopic (exact) mass is 284 g/mol. The van der Waals surface area contributed by atoms with Crippen molar-refractivity contribution < 1.29 is 9.53 Å². The number of aryl methyl sites for hydroxylation is 1. The lowest BCUT2D eigenvalue weighted by atomic mass is 9.91. The van der Waals surface area contributed by atoms with Crippen LogP contribution in [0.1, 0.15) is 26.3 Å². The summed E-state index contributed by atoms with van der Waals surface area (Å²) in [5, 5.41) is -0.589. The molecule has 0 aliphatic carbocycles. The summed E-state index contributed by atoms with van der Waals surface area (Å²) in [6.45, 7) is 7.59. The van der Waals surface area contributed by atoms with Gasteiger partial charge in [0, 0.05) is 5.41 Å². The fraction of sp³-hybridized carbons (Fsp3) is 0.462. The van der Waals surface area contributed by atoms with E-state index in [9.17, 15) is 4.79 Å². The van der Waals surface area contributed by atoms with Gasteiger partial charge in [0.1, 0.15) is 5.75 Å². The minimum absolute atomic E-state index is 0.0377. The molecule has 0 aliphatic rings. The standard InChI is InChI=1S/C13H17BrO2/c1-9-7-5-6-8-10(9)16-12(14)11(15)13(2,3)4/h5-8,12H,1-4H3. The summed E-state index contributed by atoms with van der Waals surface area (Å²) in [6, 6.07) is 7.65. The minimum Gasteiger partial charge on any atom is -0.471 e. The average Bonchev–Trinajstić information content (AvgIpc) is 2.19. The lowest BCUT2D eigenvalue weighted by Crippen LogP contribution is -2.32. The van der Waals surface area contributed by atoms with E-state index in [1.165, 1.54) is 0 Å². The van der Waals surface area contributed by atoms with Gasteiger partial charge in [0.2, 0.25) is 5.01 Å². The van der Waals surface area contributed by atoms with Crippen LogP contribution in [0.25, 0.3) is 0 Å². The molecule has 1 atom stereocenters. The van der Waals surface area contributed by atoms with Gasteiger partial charge in [-0.25, -0.2) is 0 Å². The van der Waals surface area contributed by atoms with Gasteiger partial charge in [-0.3, -0.25) is 4.79 Å². The van der Waals surface area contributed by atoms with Crippen molar-refractivity contribution in [1.82, 2.24) is 0 Å². The molecule has 1 unspecified atom stereocenters. The van der Waals surface area contributed by atoms with Crippen molar-refractivity contribution in [3.05, 3.63) is 29.8 Å². The Morgan fingerprint density at radius 2 is 1.88 bits per heavy atom. The number of ketones is 1. The van der Waals surface area contributed by atoms with Crippen molar-refractivity contribution >= 4 is 21.7 Å². The highest BCUT2D eigenvalue weighted by molar-refractivity contribution is 9.09. The Hall–Kier alpha value is -0.830. The Labute approximate surface area is 105 Å². The van der Waals surface area contributed by atoms with E-state index in [-0.39, 0.29) is 5.78 Å². The predicted molar refractivity (Wildman–Crippen MR) is 69.0 cm³/mol. The van der Waals surface area contributed by atoms with E-state index < -0.39 is 10.4 Å². The zero-order valence-electron chi connectivity index (χ0n) is 10.1. The van der Waals surface area contributed by atoms with Crippen LogP contribution in [-0.4, -0.2) is 10.8 Å². The molecule has 0 saturated heterocycles. The third kappa shape index (κ3) is 3.34. The first-order valence-corrected chi connectivity index (χ1v) is 6.14. The molecule has 88 valence electrons. The zero-order chi connectivity index (χ0) is 12.3. The topological polar surface area (TPSA) is 26.3 Å². The molecule has 0 spiro atoms. The molecule has 0 fully saturated rings. The van der Waals surface area contributed by atoms with E-state index in [1.54, 1.807) is 0 Å². The van der Waals surface area contributed by atoms with E-state index in [0.717, 1.165) is 11.3 Å². The summed E-state index contributed by atoms with van der Waals surface area (Å²) in [5.41, 5.74) is 0.616. The van der Waals surface area contributed by atoms with E-state index in [0.29, 0.717) is 0 Å². The van der Waals surface area contributed by atoms with Gasteiger partial charge >= 0.3 is 0 Å².